The molecule has 0 bridgehead atoms. The van der Waals surface area contributed by atoms with Gasteiger partial charge in [-0.3, -0.25) is 4.68 Å². The van der Waals surface area contributed by atoms with Crippen LogP contribution in [-0.2, 0) is 11.8 Å². The first kappa shape index (κ1) is 12.7. The molecule has 86 valence electrons. The third-order valence-electron chi connectivity index (χ3n) is 2.45. The normalized spacial score (nSPS) is 15.3. The lowest BCUT2D eigenvalue weighted by atomic mass is 10.1. The summed E-state index contributed by atoms with van der Waals surface area (Å²) in [6, 6.07) is 0. The molecule has 0 aromatic carbocycles. The Morgan fingerprint density at radius 2 is 2.33 bits per heavy atom. The summed E-state index contributed by atoms with van der Waals surface area (Å²) in [5.41, 5.74) is 0.760. The number of aryl methyl sites for hydroxylation is 1. The van der Waals surface area contributed by atoms with Gasteiger partial charge in [-0.2, -0.15) is 5.10 Å². The summed E-state index contributed by atoms with van der Waals surface area (Å²) in [7, 11) is 3.43. The molecule has 1 aromatic rings. The van der Waals surface area contributed by atoms with Gasteiger partial charge in [0.05, 0.1) is 22.5 Å². The molecule has 0 aliphatic heterocycles. The topological polar surface area (TPSA) is 47.3 Å². The number of aliphatic hydroxyl groups excluding tert-OH is 1. The van der Waals surface area contributed by atoms with Gasteiger partial charge in [0, 0.05) is 14.2 Å². The molecule has 1 heterocycles. The van der Waals surface area contributed by atoms with Crippen LogP contribution in [0.3, 0.4) is 0 Å². The summed E-state index contributed by atoms with van der Waals surface area (Å²) in [5.74, 6) is 0. The molecule has 1 rings (SSSR count). The number of hydrogen-bond donors (Lipinski definition) is 1. The van der Waals surface area contributed by atoms with Gasteiger partial charge in [0.1, 0.15) is 6.10 Å². The van der Waals surface area contributed by atoms with E-state index < -0.39 is 6.10 Å². The van der Waals surface area contributed by atoms with Crippen LogP contribution in [0.1, 0.15) is 31.6 Å². The Labute approximate surface area is 98.4 Å². The van der Waals surface area contributed by atoms with Crippen molar-refractivity contribution in [3.63, 3.8) is 0 Å². The molecule has 2 unspecified atom stereocenters. The molecule has 2 atom stereocenters. The van der Waals surface area contributed by atoms with Gasteiger partial charge in [0.2, 0.25) is 0 Å². The fourth-order valence-electron chi connectivity index (χ4n) is 1.62. The van der Waals surface area contributed by atoms with E-state index >= 15 is 0 Å². The summed E-state index contributed by atoms with van der Waals surface area (Å²) in [6.45, 7) is 2.07. The smallest absolute Gasteiger partial charge is 0.123 e. The molecular weight excluding hydrogens is 260 g/mol. The second-order valence-corrected chi connectivity index (χ2v) is 4.36. The van der Waals surface area contributed by atoms with Gasteiger partial charge >= 0.3 is 0 Å². The summed E-state index contributed by atoms with van der Waals surface area (Å²) in [6.07, 6.45) is 2.66. The monoisotopic (exact) mass is 276 g/mol. The van der Waals surface area contributed by atoms with E-state index in [4.69, 9.17) is 4.74 Å². The van der Waals surface area contributed by atoms with Crippen molar-refractivity contribution in [3.05, 3.63) is 16.4 Å². The maximum atomic E-state index is 10.1. The van der Waals surface area contributed by atoms with Crippen LogP contribution in [-0.4, -0.2) is 28.1 Å². The average molecular weight is 277 g/mol. The first-order valence-corrected chi connectivity index (χ1v) is 5.79. The second-order valence-electron chi connectivity index (χ2n) is 3.51. The molecule has 1 N–H and O–H groups in total. The highest BCUT2D eigenvalue weighted by Gasteiger charge is 2.24. The van der Waals surface area contributed by atoms with Gasteiger partial charge in [0.25, 0.3) is 0 Å². The molecule has 15 heavy (non-hydrogen) atoms. The van der Waals surface area contributed by atoms with E-state index in [1.165, 1.54) is 0 Å². The highest BCUT2D eigenvalue weighted by molar-refractivity contribution is 9.10. The van der Waals surface area contributed by atoms with Crippen molar-refractivity contribution in [1.29, 1.82) is 0 Å². The largest absolute Gasteiger partial charge is 0.384 e. The van der Waals surface area contributed by atoms with Crippen LogP contribution in [0.2, 0.25) is 0 Å². The van der Waals surface area contributed by atoms with Crippen LogP contribution in [0.25, 0.3) is 0 Å². The summed E-state index contributed by atoms with van der Waals surface area (Å²) < 4.78 is 7.75. The Hall–Kier alpha value is -0.390. The standard InChI is InChI=1S/C10H17BrN2O2/c1-4-5-8(15-3)10(14)9-7(11)6-12-13(9)2/h6,8,10,14H,4-5H2,1-3H3. The Bertz CT molecular complexity index is 295. The molecule has 4 nitrogen and oxygen atoms in total. The molecule has 0 aliphatic carbocycles. The molecule has 0 spiro atoms. The van der Waals surface area contributed by atoms with E-state index in [1.807, 2.05) is 7.05 Å². The van der Waals surface area contributed by atoms with Crippen LogP contribution in [0.4, 0.5) is 0 Å². The Balaban J connectivity index is 2.86. The quantitative estimate of drug-likeness (QED) is 0.895. The van der Waals surface area contributed by atoms with Crippen LogP contribution in [0.5, 0.6) is 0 Å². The maximum absolute atomic E-state index is 10.1. The highest BCUT2D eigenvalue weighted by atomic mass is 79.9. The molecule has 0 fully saturated rings. The van der Waals surface area contributed by atoms with Gasteiger partial charge in [-0.25, -0.2) is 0 Å². The van der Waals surface area contributed by atoms with Crippen LogP contribution < -0.4 is 0 Å². The number of methoxy groups -OCH3 is 1. The van der Waals surface area contributed by atoms with Crippen molar-refractivity contribution in [2.45, 2.75) is 32.0 Å². The lowest BCUT2D eigenvalue weighted by molar-refractivity contribution is -0.0220. The van der Waals surface area contributed by atoms with E-state index in [-0.39, 0.29) is 6.10 Å². The zero-order valence-corrected chi connectivity index (χ0v) is 10.9. The summed E-state index contributed by atoms with van der Waals surface area (Å²) in [5, 5.41) is 14.2. The van der Waals surface area contributed by atoms with Crippen molar-refractivity contribution < 1.29 is 9.84 Å². The minimum Gasteiger partial charge on any atom is -0.384 e. The highest BCUT2D eigenvalue weighted by Crippen LogP contribution is 2.27. The van der Waals surface area contributed by atoms with E-state index in [0.29, 0.717) is 0 Å². The molecule has 0 radical (unpaired) electrons. The lowest BCUT2D eigenvalue weighted by Crippen LogP contribution is -2.23. The van der Waals surface area contributed by atoms with Gasteiger partial charge in [-0.1, -0.05) is 13.3 Å². The van der Waals surface area contributed by atoms with E-state index in [9.17, 15) is 5.11 Å². The van der Waals surface area contributed by atoms with Gasteiger partial charge < -0.3 is 9.84 Å². The fraction of sp³-hybridized carbons (Fsp3) is 0.700. The number of halogens is 1. The predicted octanol–water partition coefficient (Wildman–Crippen LogP) is 2.03. The minimum atomic E-state index is -0.642. The molecule has 0 saturated heterocycles. The van der Waals surface area contributed by atoms with Crippen molar-refractivity contribution in [3.8, 4) is 0 Å². The summed E-state index contributed by atoms with van der Waals surface area (Å²) in [4.78, 5) is 0. The summed E-state index contributed by atoms with van der Waals surface area (Å²) >= 11 is 3.37. The third-order valence-corrected chi connectivity index (χ3v) is 3.06. The molecule has 5 heteroatoms. The Kier molecular flexibility index (Phi) is 4.76. The number of hydrogen-bond acceptors (Lipinski definition) is 3. The van der Waals surface area contributed by atoms with Crippen LogP contribution in [0, 0.1) is 0 Å². The van der Waals surface area contributed by atoms with Crippen molar-refractivity contribution in [2.75, 3.05) is 7.11 Å². The van der Waals surface area contributed by atoms with Gasteiger partial charge in [-0.15, -0.1) is 0 Å². The zero-order chi connectivity index (χ0) is 11.4. The maximum Gasteiger partial charge on any atom is 0.123 e. The van der Waals surface area contributed by atoms with E-state index in [1.54, 1.807) is 18.0 Å². The van der Waals surface area contributed by atoms with Crippen molar-refractivity contribution >= 4 is 15.9 Å². The van der Waals surface area contributed by atoms with Crippen LogP contribution >= 0.6 is 15.9 Å². The number of rotatable bonds is 5. The molecule has 1 aromatic heterocycles. The average Bonchev–Trinajstić information content (AvgIpc) is 2.54. The zero-order valence-electron chi connectivity index (χ0n) is 9.27. The predicted molar refractivity (Wildman–Crippen MR) is 61.6 cm³/mol. The fourth-order valence-corrected chi connectivity index (χ4v) is 2.20. The molecule has 0 saturated carbocycles. The number of ether oxygens (including phenoxy) is 1. The van der Waals surface area contributed by atoms with Crippen LogP contribution in [0.15, 0.2) is 10.7 Å². The lowest BCUT2D eigenvalue weighted by Gasteiger charge is -2.21. The Morgan fingerprint density at radius 3 is 2.73 bits per heavy atom. The van der Waals surface area contributed by atoms with E-state index in [0.717, 1.165) is 23.0 Å². The molecule has 0 aliphatic rings. The third kappa shape index (κ3) is 2.80. The molecule has 0 amide bonds. The van der Waals surface area contributed by atoms with Crippen molar-refractivity contribution in [1.82, 2.24) is 9.78 Å². The van der Waals surface area contributed by atoms with Crippen molar-refractivity contribution in [2.24, 2.45) is 7.05 Å². The molecular formula is C10H17BrN2O2. The minimum absolute atomic E-state index is 0.179. The number of nitrogens with zero attached hydrogens (tertiary/aromatic N) is 2. The first-order chi connectivity index (χ1) is 7.11. The van der Waals surface area contributed by atoms with E-state index in [2.05, 4.69) is 28.0 Å². The Morgan fingerprint density at radius 1 is 1.67 bits per heavy atom. The van der Waals surface area contributed by atoms with Gasteiger partial charge in [-0.05, 0) is 22.4 Å². The number of aromatic nitrogens is 2. The van der Waals surface area contributed by atoms with Gasteiger partial charge in [0.15, 0.2) is 0 Å². The second kappa shape index (κ2) is 5.63. The SMILES string of the molecule is CCCC(OC)C(O)c1c(Br)cnn1C. The number of aliphatic hydroxyl groups is 1. The first-order valence-electron chi connectivity index (χ1n) is 5.00.